The zero-order chi connectivity index (χ0) is 17.9. The molecule has 6 nitrogen and oxygen atoms in total. The Bertz CT molecular complexity index is 691. The average molecular weight is 341 g/mol. The van der Waals surface area contributed by atoms with Crippen LogP contribution in [0.25, 0.3) is 0 Å². The third kappa shape index (κ3) is 6.63. The maximum Gasteiger partial charge on any atom is 0.271 e. The lowest BCUT2D eigenvalue weighted by Crippen LogP contribution is -2.17. The summed E-state index contributed by atoms with van der Waals surface area (Å²) in [5, 5.41) is 6.66. The minimum absolute atomic E-state index is 0.00338. The van der Waals surface area contributed by atoms with Gasteiger partial charge in [-0.25, -0.2) is 5.43 Å². The molecule has 2 N–H and O–H groups in total. The standard InChI is InChI=1S/C19H23N3O3/c1-2-3-4-5-8-18(23)21-16-11-9-15(10-12-16)19(24)22-20-14-17-7-6-13-25-17/h6-7,9-14H,2-5,8H2,1H3,(H,21,23)(H,22,24)/b20-14+. The molecule has 0 aliphatic heterocycles. The minimum atomic E-state index is -0.333. The minimum Gasteiger partial charge on any atom is -0.463 e. The first-order chi connectivity index (χ1) is 12.2. The lowest BCUT2D eigenvalue weighted by Gasteiger charge is -2.06. The van der Waals surface area contributed by atoms with Crippen LogP contribution in [0.2, 0.25) is 0 Å². The fourth-order valence-electron chi connectivity index (χ4n) is 2.22. The highest BCUT2D eigenvalue weighted by molar-refractivity contribution is 5.96. The van der Waals surface area contributed by atoms with Gasteiger partial charge in [-0.05, 0) is 42.8 Å². The van der Waals surface area contributed by atoms with Crippen LogP contribution in [0.15, 0.2) is 52.2 Å². The smallest absolute Gasteiger partial charge is 0.271 e. The van der Waals surface area contributed by atoms with Crippen LogP contribution >= 0.6 is 0 Å². The maximum atomic E-state index is 12.0. The van der Waals surface area contributed by atoms with E-state index in [9.17, 15) is 9.59 Å². The Balaban J connectivity index is 1.78. The van der Waals surface area contributed by atoms with Gasteiger partial charge in [0, 0.05) is 17.7 Å². The molecule has 2 amide bonds. The van der Waals surface area contributed by atoms with Crippen LogP contribution in [0, 0.1) is 0 Å². The van der Waals surface area contributed by atoms with Gasteiger partial charge < -0.3 is 9.73 Å². The van der Waals surface area contributed by atoms with Crippen molar-refractivity contribution in [1.29, 1.82) is 0 Å². The summed E-state index contributed by atoms with van der Waals surface area (Å²) in [6.07, 6.45) is 7.74. The third-order valence-electron chi connectivity index (χ3n) is 3.59. The normalized spacial score (nSPS) is 10.8. The Labute approximate surface area is 147 Å². The molecule has 2 rings (SSSR count). The van der Waals surface area contributed by atoms with Gasteiger partial charge in [-0.3, -0.25) is 9.59 Å². The summed E-state index contributed by atoms with van der Waals surface area (Å²) in [6, 6.07) is 10.2. The molecule has 0 saturated heterocycles. The van der Waals surface area contributed by atoms with E-state index in [1.165, 1.54) is 12.5 Å². The van der Waals surface area contributed by atoms with Crippen molar-refractivity contribution < 1.29 is 14.0 Å². The number of hydrogen-bond acceptors (Lipinski definition) is 4. The molecule has 0 saturated carbocycles. The Morgan fingerprint density at radius 2 is 1.92 bits per heavy atom. The molecule has 0 bridgehead atoms. The van der Waals surface area contributed by atoms with Gasteiger partial charge in [0.25, 0.3) is 5.91 Å². The lowest BCUT2D eigenvalue weighted by atomic mass is 10.1. The van der Waals surface area contributed by atoms with Gasteiger partial charge >= 0.3 is 0 Å². The van der Waals surface area contributed by atoms with Crippen LogP contribution in [0.5, 0.6) is 0 Å². The van der Waals surface area contributed by atoms with Crippen molar-refractivity contribution in [2.45, 2.75) is 39.0 Å². The zero-order valence-electron chi connectivity index (χ0n) is 14.3. The first kappa shape index (κ1) is 18.4. The predicted molar refractivity (Wildman–Crippen MR) is 97.6 cm³/mol. The second-order valence-corrected chi connectivity index (χ2v) is 5.65. The molecular formula is C19H23N3O3. The monoisotopic (exact) mass is 341 g/mol. The number of anilines is 1. The number of benzene rings is 1. The molecule has 1 aromatic heterocycles. The largest absolute Gasteiger partial charge is 0.463 e. The van der Waals surface area contributed by atoms with Crippen molar-refractivity contribution in [2.24, 2.45) is 5.10 Å². The number of nitrogens with zero attached hydrogens (tertiary/aromatic N) is 1. The van der Waals surface area contributed by atoms with Gasteiger partial charge in [-0.1, -0.05) is 26.2 Å². The summed E-state index contributed by atoms with van der Waals surface area (Å²) in [5.74, 6) is 0.217. The molecule has 0 aliphatic rings. The van der Waals surface area contributed by atoms with E-state index in [0.717, 1.165) is 25.7 Å². The first-order valence-electron chi connectivity index (χ1n) is 8.46. The Kier molecular flexibility index (Phi) is 7.43. The molecule has 1 aromatic carbocycles. The fraction of sp³-hybridized carbons (Fsp3) is 0.316. The van der Waals surface area contributed by atoms with E-state index >= 15 is 0 Å². The van der Waals surface area contributed by atoms with Crippen LogP contribution in [0.4, 0.5) is 5.69 Å². The lowest BCUT2D eigenvalue weighted by molar-refractivity contribution is -0.116. The van der Waals surface area contributed by atoms with E-state index < -0.39 is 0 Å². The van der Waals surface area contributed by atoms with Crippen molar-refractivity contribution in [1.82, 2.24) is 5.43 Å². The summed E-state index contributed by atoms with van der Waals surface area (Å²) >= 11 is 0. The summed E-state index contributed by atoms with van der Waals surface area (Å²) in [4.78, 5) is 23.8. The van der Waals surface area contributed by atoms with Crippen molar-refractivity contribution >= 4 is 23.7 Å². The van der Waals surface area contributed by atoms with Crippen LogP contribution in [-0.2, 0) is 4.79 Å². The Morgan fingerprint density at radius 1 is 1.12 bits per heavy atom. The molecule has 25 heavy (non-hydrogen) atoms. The molecule has 0 unspecified atom stereocenters. The van der Waals surface area contributed by atoms with Crippen molar-refractivity contribution in [3.8, 4) is 0 Å². The molecular weight excluding hydrogens is 318 g/mol. The highest BCUT2D eigenvalue weighted by Gasteiger charge is 2.06. The summed E-state index contributed by atoms with van der Waals surface area (Å²) in [7, 11) is 0. The molecule has 132 valence electrons. The Hall–Kier alpha value is -2.89. The number of nitrogens with one attached hydrogen (secondary N) is 2. The summed E-state index contributed by atoms with van der Waals surface area (Å²) < 4.78 is 5.07. The SMILES string of the molecule is CCCCCCC(=O)Nc1ccc(C(=O)N/N=C/c2ccco2)cc1. The number of unbranched alkanes of at least 4 members (excludes halogenated alkanes) is 3. The molecule has 0 spiro atoms. The van der Waals surface area contributed by atoms with Gasteiger partial charge in [-0.15, -0.1) is 0 Å². The quantitative estimate of drug-likeness (QED) is 0.411. The number of rotatable bonds is 9. The number of hydrogen-bond donors (Lipinski definition) is 2. The number of amides is 2. The average Bonchev–Trinajstić information content (AvgIpc) is 3.13. The van der Waals surface area contributed by atoms with E-state index in [4.69, 9.17) is 4.42 Å². The zero-order valence-corrected chi connectivity index (χ0v) is 14.3. The van der Waals surface area contributed by atoms with Crippen LogP contribution in [0.1, 0.15) is 55.1 Å². The topological polar surface area (TPSA) is 83.7 Å². The van der Waals surface area contributed by atoms with Gasteiger partial charge in [-0.2, -0.15) is 5.10 Å². The number of carbonyl (C=O) groups is 2. The summed E-state index contributed by atoms with van der Waals surface area (Å²) in [5.41, 5.74) is 3.55. The van der Waals surface area contributed by atoms with E-state index in [1.807, 2.05) is 0 Å². The van der Waals surface area contributed by atoms with Crippen LogP contribution < -0.4 is 10.7 Å². The molecule has 0 aliphatic carbocycles. The number of furan rings is 1. The van der Waals surface area contributed by atoms with Crippen molar-refractivity contribution in [2.75, 3.05) is 5.32 Å². The molecule has 0 fully saturated rings. The second-order valence-electron chi connectivity index (χ2n) is 5.65. The molecule has 2 aromatic rings. The second kappa shape index (κ2) is 10.1. The Morgan fingerprint density at radius 3 is 2.60 bits per heavy atom. The van der Waals surface area contributed by atoms with Gasteiger partial charge in [0.2, 0.25) is 5.91 Å². The first-order valence-corrected chi connectivity index (χ1v) is 8.46. The van der Waals surface area contributed by atoms with E-state index in [0.29, 0.717) is 23.4 Å². The summed E-state index contributed by atoms with van der Waals surface area (Å²) in [6.45, 7) is 2.14. The van der Waals surface area contributed by atoms with E-state index in [-0.39, 0.29) is 11.8 Å². The van der Waals surface area contributed by atoms with E-state index in [1.54, 1.807) is 36.4 Å². The fourth-order valence-corrected chi connectivity index (χ4v) is 2.22. The van der Waals surface area contributed by atoms with Crippen LogP contribution in [0.3, 0.4) is 0 Å². The molecule has 0 radical (unpaired) electrons. The van der Waals surface area contributed by atoms with Gasteiger partial charge in [0.05, 0.1) is 12.5 Å². The third-order valence-corrected chi connectivity index (χ3v) is 3.59. The van der Waals surface area contributed by atoms with Gasteiger partial charge in [0.15, 0.2) is 0 Å². The van der Waals surface area contributed by atoms with E-state index in [2.05, 4.69) is 22.8 Å². The molecule has 1 heterocycles. The number of carbonyl (C=O) groups excluding carboxylic acids is 2. The van der Waals surface area contributed by atoms with Crippen molar-refractivity contribution in [3.05, 3.63) is 54.0 Å². The number of hydrazone groups is 1. The van der Waals surface area contributed by atoms with Crippen LogP contribution in [-0.4, -0.2) is 18.0 Å². The predicted octanol–water partition coefficient (Wildman–Crippen LogP) is 3.95. The van der Waals surface area contributed by atoms with Crippen molar-refractivity contribution in [3.63, 3.8) is 0 Å². The maximum absolute atomic E-state index is 12.0. The molecule has 0 atom stereocenters. The van der Waals surface area contributed by atoms with Gasteiger partial charge in [0.1, 0.15) is 5.76 Å². The molecule has 6 heteroatoms. The highest BCUT2D eigenvalue weighted by Crippen LogP contribution is 2.11. The highest BCUT2D eigenvalue weighted by atomic mass is 16.3.